The van der Waals surface area contributed by atoms with Crippen molar-refractivity contribution in [3.63, 3.8) is 0 Å². The Balaban J connectivity index is 1.54. The van der Waals surface area contributed by atoms with Gasteiger partial charge in [-0.2, -0.15) is 5.26 Å². The van der Waals surface area contributed by atoms with Crippen molar-refractivity contribution in [2.24, 2.45) is 5.92 Å². The molecule has 1 atom stereocenters. The van der Waals surface area contributed by atoms with E-state index in [0.717, 1.165) is 24.3 Å². The molecule has 0 aliphatic heterocycles. The summed E-state index contributed by atoms with van der Waals surface area (Å²) in [6.07, 6.45) is 7.27. The van der Waals surface area contributed by atoms with Gasteiger partial charge >= 0.3 is 0 Å². The van der Waals surface area contributed by atoms with Gasteiger partial charge in [0.05, 0.1) is 0 Å². The van der Waals surface area contributed by atoms with Crippen LogP contribution in [0.2, 0.25) is 0 Å². The first-order chi connectivity index (χ1) is 14.0. The number of nitriles is 1. The van der Waals surface area contributed by atoms with E-state index in [0.29, 0.717) is 41.9 Å². The Bertz CT molecular complexity index is 952. The maximum Gasteiger partial charge on any atom is 0.147 e. The second-order valence-corrected chi connectivity index (χ2v) is 8.64. The third-order valence-corrected chi connectivity index (χ3v) is 7.09. The Kier molecular flexibility index (Phi) is 5.67. The molecule has 0 N–H and O–H groups in total. The first kappa shape index (κ1) is 20.0. The van der Waals surface area contributed by atoms with Crippen LogP contribution >= 0.6 is 0 Å². The minimum atomic E-state index is -0.831. The Morgan fingerprint density at radius 2 is 1.72 bits per heavy atom. The third kappa shape index (κ3) is 3.80. The molecule has 1 nitrogen and oxygen atoms in total. The van der Waals surface area contributed by atoms with Gasteiger partial charge in [0.15, 0.2) is 0 Å². The second kappa shape index (κ2) is 8.22. The van der Waals surface area contributed by atoms with Crippen LogP contribution in [0.1, 0.15) is 85.1 Å². The Morgan fingerprint density at radius 3 is 2.38 bits per heavy atom. The number of nitrogens with zero attached hydrogens (tertiary/aromatic N) is 1. The zero-order chi connectivity index (χ0) is 20.5. The van der Waals surface area contributed by atoms with Gasteiger partial charge in [0.2, 0.25) is 0 Å². The van der Waals surface area contributed by atoms with Crippen LogP contribution < -0.4 is 0 Å². The number of hydrogen-bond donors (Lipinski definition) is 0. The summed E-state index contributed by atoms with van der Waals surface area (Å²) < 4.78 is 43.4. The lowest BCUT2D eigenvalue weighted by atomic mass is 9.76. The van der Waals surface area contributed by atoms with Crippen molar-refractivity contribution in [2.75, 3.05) is 0 Å². The maximum atomic E-state index is 15.0. The van der Waals surface area contributed by atoms with Gasteiger partial charge in [-0.15, -0.1) is 0 Å². The molecule has 29 heavy (non-hydrogen) atoms. The quantitative estimate of drug-likeness (QED) is 0.551. The van der Waals surface area contributed by atoms with Crippen molar-refractivity contribution in [3.8, 4) is 6.07 Å². The normalized spacial score (nSPS) is 24.0. The molecule has 0 radical (unpaired) electrons. The van der Waals surface area contributed by atoms with E-state index >= 15 is 0 Å². The van der Waals surface area contributed by atoms with E-state index in [1.165, 1.54) is 25.3 Å². The molecule has 0 heterocycles. The van der Waals surface area contributed by atoms with Gasteiger partial charge < -0.3 is 0 Å². The lowest BCUT2D eigenvalue weighted by Crippen LogP contribution is -2.17. The molecule has 1 saturated carbocycles. The fraction of sp³-hybridized carbons (Fsp3) is 0.480. The van der Waals surface area contributed by atoms with E-state index in [9.17, 15) is 13.2 Å². The van der Waals surface area contributed by atoms with E-state index in [2.05, 4.69) is 6.92 Å². The minimum Gasteiger partial charge on any atom is -0.207 e. The molecule has 4 heteroatoms. The van der Waals surface area contributed by atoms with Gasteiger partial charge in [-0.05, 0) is 97.1 Å². The second-order valence-electron chi connectivity index (χ2n) is 8.64. The molecular formula is C25H26F3N. The smallest absolute Gasteiger partial charge is 0.147 e. The molecule has 0 amide bonds. The number of halogens is 3. The molecule has 1 fully saturated rings. The molecule has 0 saturated heterocycles. The molecule has 2 aromatic rings. The highest BCUT2D eigenvalue weighted by Crippen LogP contribution is 2.40. The van der Waals surface area contributed by atoms with Crippen molar-refractivity contribution in [3.05, 3.63) is 69.5 Å². The van der Waals surface area contributed by atoms with E-state index in [4.69, 9.17) is 5.26 Å². The SMILES string of the molecule is CCC1CCC(c2ccc(C3CCc4c(cc(F)c(C#N)c4F)C3)c(F)c2)CC1. The largest absolute Gasteiger partial charge is 0.207 e. The Labute approximate surface area is 170 Å². The molecule has 4 rings (SSSR count). The first-order valence-corrected chi connectivity index (χ1v) is 10.7. The minimum absolute atomic E-state index is 0.0980. The summed E-state index contributed by atoms with van der Waals surface area (Å²) in [6.45, 7) is 2.24. The lowest BCUT2D eigenvalue weighted by Gasteiger charge is -2.29. The standard InChI is InChI=1S/C25H26F3N/c1-2-15-3-5-16(6-4-15)17-7-9-20(23(26)12-17)18-8-10-21-19(11-18)13-24(27)22(14-29)25(21)28/h7,9,12-13,15-16,18H,2-6,8,10-11H2,1H3. The average Bonchev–Trinajstić information content (AvgIpc) is 2.73. The fourth-order valence-corrected chi connectivity index (χ4v) is 5.25. The van der Waals surface area contributed by atoms with Crippen LogP contribution in [-0.4, -0.2) is 0 Å². The van der Waals surface area contributed by atoms with Gasteiger partial charge in [-0.1, -0.05) is 25.5 Å². The summed E-state index contributed by atoms with van der Waals surface area (Å²) >= 11 is 0. The summed E-state index contributed by atoms with van der Waals surface area (Å²) in [6, 6.07) is 8.46. The van der Waals surface area contributed by atoms with Gasteiger partial charge in [0.25, 0.3) is 0 Å². The van der Waals surface area contributed by atoms with Crippen LogP contribution in [0.15, 0.2) is 24.3 Å². The van der Waals surface area contributed by atoms with Crippen LogP contribution in [0.3, 0.4) is 0 Å². The highest BCUT2D eigenvalue weighted by Gasteiger charge is 2.28. The van der Waals surface area contributed by atoms with Gasteiger partial charge in [0.1, 0.15) is 29.1 Å². The Morgan fingerprint density at radius 1 is 0.966 bits per heavy atom. The molecule has 2 aromatic carbocycles. The molecule has 1 unspecified atom stereocenters. The van der Waals surface area contributed by atoms with Crippen molar-refractivity contribution in [2.45, 2.75) is 70.1 Å². The predicted octanol–water partition coefficient (Wildman–Crippen LogP) is 6.93. The molecule has 2 aliphatic carbocycles. The van der Waals surface area contributed by atoms with E-state index < -0.39 is 17.2 Å². The summed E-state index contributed by atoms with van der Waals surface area (Å²) in [7, 11) is 0. The van der Waals surface area contributed by atoms with Crippen molar-refractivity contribution >= 4 is 0 Å². The van der Waals surface area contributed by atoms with Gasteiger partial charge in [0, 0.05) is 0 Å². The number of benzene rings is 2. The summed E-state index contributed by atoms with van der Waals surface area (Å²) in [5.74, 6) is -0.648. The zero-order valence-electron chi connectivity index (χ0n) is 16.8. The molecule has 2 aliphatic rings. The lowest BCUT2D eigenvalue weighted by molar-refractivity contribution is 0.318. The van der Waals surface area contributed by atoms with Crippen molar-refractivity contribution in [1.82, 2.24) is 0 Å². The molecule has 152 valence electrons. The topological polar surface area (TPSA) is 23.8 Å². The fourth-order valence-electron chi connectivity index (χ4n) is 5.25. The van der Waals surface area contributed by atoms with Crippen LogP contribution in [-0.2, 0) is 12.8 Å². The Hall–Kier alpha value is -2.28. The third-order valence-electron chi connectivity index (χ3n) is 7.09. The average molecular weight is 397 g/mol. The van der Waals surface area contributed by atoms with Crippen molar-refractivity contribution in [1.29, 1.82) is 5.26 Å². The molecule has 0 spiro atoms. The van der Waals surface area contributed by atoms with Gasteiger partial charge in [-0.3, -0.25) is 0 Å². The molecule has 0 aromatic heterocycles. The van der Waals surface area contributed by atoms with Gasteiger partial charge in [-0.25, -0.2) is 13.2 Å². The number of rotatable bonds is 3. The monoisotopic (exact) mass is 397 g/mol. The maximum absolute atomic E-state index is 15.0. The zero-order valence-corrected chi connectivity index (χ0v) is 16.8. The number of fused-ring (bicyclic) bond motifs is 1. The van der Waals surface area contributed by atoms with E-state index in [1.807, 2.05) is 12.1 Å². The predicted molar refractivity (Wildman–Crippen MR) is 107 cm³/mol. The van der Waals surface area contributed by atoms with Crippen LogP contribution in [0.4, 0.5) is 13.2 Å². The van der Waals surface area contributed by atoms with E-state index in [-0.39, 0.29) is 11.7 Å². The summed E-state index contributed by atoms with van der Waals surface area (Å²) in [5, 5.41) is 8.95. The van der Waals surface area contributed by atoms with Crippen molar-refractivity contribution < 1.29 is 13.2 Å². The molecular weight excluding hydrogens is 371 g/mol. The van der Waals surface area contributed by atoms with Crippen LogP contribution in [0, 0.1) is 34.7 Å². The highest BCUT2D eigenvalue weighted by atomic mass is 19.1. The first-order valence-electron chi connectivity index (χ1n) is 10.7. The summed E-state index contributed by atoms with van der Waals surface area (Å²) in [4.78, 5) is 0. The van der Waals surface area contributed by atoms with Crippen LogP contribution in [0.25, 0.3) is 0 Å². The highest BCUT2D eigenvalue weighted by molar-refractivity contribution is 5.44. The molecule has 0 bridgehead atoms. The van der Waals surface area contributed by atoms with E-state index in [1.54, 1.807) is 12.1 Å². The van der Waals surface area contributed by atoms with Crippen LogP contribution in [0.5, 0.6) is 0 Å². The number of hydrogen-bond acceptors (Lipinski definition) is 1. The summed E-state index contributed by atoms with van der Waals surface area (Å²) in [5.41, 5.74) is 2.15.